The second-order valence-electron chi connectivity index (χ2n) is 12.2. The first-order chi connectivity index (χ1) is 27.1. The molecule has 4 aliphatic heterocycles. The standard InChI is InChI=1S/4C8H4O3.C5H6F6.C3H8/c4*9-7-5-3-1-2-4-6(5)8(10)11-7;1-3(2,4(6,7)8)5(9,10)11;1-3-2/h4*1-4H;1-2H3;3H2,1-2H3. The molecule has 0 spiro atoms. The van der Waals surface area contributed by atoms with Crippen LogP contribution in [0.1, 0.15) is 117 Å². The zero-order valence-corrected chi connectivity index (χ0v) is 30.6. The van der Waals surface area contributed by atoms with E-state index in [9.17, 15) is 64.7 Å². The van der Waals surface area contributed by atoms with Gasteiger partial charge in [0.1, 0.15) is 0 Å². The molecule has 4 aromatic rings. The maximum atomic E-state index is 11.6. The van der Waals surface area contributed by atoms with Gasteiger partial charge in [-0.1, -0.05) is 68.8 Å². The fraction of sp³-hybridized carbons (Fsp3) is 0.200. The summed E-state index contributed by atoms with van der Waals surface area (Å²) in [5, 5.41) is 0. The molecule has 304 valence electrons. The van der Waals surface area contributed by atoms with Gasteiger partial charge in [-0.15, -0.1) is 0 Å². The third-order valence-corrected chi connectivity index (χ3v) is 7.63. The molecule has 58 heavy (non-hydrogen) atoms. The summed E-state index contributed by atoms with van der Waals surface area (Å²) in [5.74, 6) is -4.40. The van der Waals surface area contributed by atoms with Crippen molar-refractivity contribution in [3.8, 4) is 0 Å². The van der Waals surface area contributed by atoms with E-state index in [2.05, 4.69) is 32.8 Å². The summed E-state index contributed by atoms with van der Waals surface area (Å²) < 4.78 is 87.1. The number of alkyl halides is 6. The number of rotatable bonds is 0. The summed E-state index contributed by atoms with van der Waals surface area (Å²) in [7, 11) is 0. The second kappa shape index (κ2) is 18.8. The molecule has 0 unspecified atom stereocenters. The molecule has 0 fully saturated rings. The predicted molar refractivity (Wildman–Crippen MR) is 187 cm³/mol. The first-order valence-corrected chi connectivity index (χ1v) is 16.6. The van der Waals surface area contributed by atoms with Crippen molar-refractivity contribution in [1.29, 1.82) is 0 Å². The summed E-state index contributed by atoms with van der Waals surface area (Å²) in [4.78, 5) is 86.7. The van der Waals surface area contributed by atoms with Crippen LogP contribution in [0.15, 0.2) is 97.1 Å². The summed E-state index contributed by atoms with van der Waals surface area (Å²) in [5.41, 5.74) is -0.755. The van der Waals surface area contributed by atoms with Gasteiger partial charge in [-0.3, -0.25) is 0 Å². The van der Waals surface area contributed by atoms with Gasteiger partial charge in [-0.25, -0.2) is 38.4 Å². The van der Waals surface area contributed by atoms with Gasteiger partial charge in [0.15, 0.2) is 5.41 Å². The lowest BCUT2D eigenvalue weighted by Crippen LogP contribution is -2.44. The minimum Gasteiger partial charge on any atom is -0.386 e. The smallest absolute Gasteiger partial charge is 0.386 e. The molecule has 4 heterocycles. The third-order valence-electron chi connectivity index (χ3n) is 7.63. The van der Waals surface area contributed by atoms with Gasteiger partial charge in [0.2, 0.25) is 0 Å². The van der Waals surface area contributed by atoms with Gasteiger partial charge >= 0.3 is 60.1 Å². The first kappa shape index (κ1) is 45.4. The van der Waals surface area contributed by atoms with Gasteiger partial charge in [-0.05, 0) is 62.4 Å². The van der Waals surface area contributed by atoms with Crippen molar-refractivity contribution in [3.05, 3.63) is 142 Å². The number of hydrogen-bond acceptors (Lipinski definition) is 12. The van der Waals surface area contributed by atoms with Crippen molar-refractivity contribution in [2.75, 3.05) is 0 Å². The largest absolute Gasteiger partial charge is 0.402 e. The SMILES string of the molecule is CC(C)(C(F)(F)F)C(F)(F)F.CCC.O=C1OC(=O)c2ccccc21.O=C1OC(=O)c2ccccc21.O=C1OC(=O)c2ccccc21.O=C1OC(=O)c2ccccc21. The Morgan fingerprint density at radius 2 is 0.466 bits per heavy atom. The Balaban J connectivity index is 0.000000191. The predicted octanol–water partition coefficient (Wildman–Crippen LogP) is 8.54. The van der Waals surface area contributed by atoms with E-state index in [1.54, 1.807) is 97.1 Å². The molecule has 0 saturated heterocycles. The molecule has 0 radical (unpaired) electrons. The zero-order chi connectivity index (χ0) is 43.6. The highest BCUT2D eigenvalue weighted by Gasteiger charge is 2.64. The minimum absolute atomic E-state index is 0.104. The molecular weight excluding hydrogens is 786 g/mol. The minimum atomic E-state index is -5.24. The number of carbonyl (C=O) groups excluding carboxylic acids is 8. The monoisotopic (exact) mass is 816 g/mol. The molecule has 18 heteroatoms. The van der Waals surface area contributed by atoms with Crippen molar-refractivity contribution >= 4 is 47.8 Å². The molecule has 12 nitrogen and oxygen atoms in total. The van der Waals surface area contributed by atoms with Crippen molar-refractivity contribution in [2.24, 2.45) is 5.41 Å². The van der Waals surface area contributed by atoms with Crippen LogP contribution in [0.3, 0.4) is 0 Å². The fourth-order valence-electron chi connectivity index (χ4n) is 4.29. The number of halogens is 6. The Morgan fingerprint density at radius 3 is 0.552 bits per heavy atom. The van der Waals surface area contributed by atoms with Gasteiger partial charge in [-0.2, -0.15) is 26.3 Å². The topological polar surface area (TPSA) is 173 Å². The van der Waals surface area contributed by atoms with E-state index in [0.717, 1.165) is 0 Å². The Bertz CT molecular complexity index is 1830. The third kappa shape index (κ3) is 10.7. The van der Waals surface area contributed by atoms with E-state index in [-0.39, 0.29) is 13.8 Å². The van der Waals surface area contributed by atoms with Crippen LogP contribution in [-0.2, 0) is 18.9 Å². The number of benzene rings is 4. The van der Waals surface area contributed by atoms with Crippen LogP contribution in [0.2, 0.25) is 0 Å². The van der Waals surface area contributed by atoms with E-state index < -0.39 is 65.5 Å². The quantitative estimate of drug-likeness (QED) is 0.0717. The molecule has 4 aromatic carbocycles. The molecule has 0 aliphatic carbocycles. The summed E-state index contributed by atoms with van der Waals surface area (Å²) >= 11 is 0. The van der Waals surface area contributed by atoms with E-state index >= 15 is 0 Å². The fourth-order valence-corrected chi connectivity index (χ4v) is 4.29. The summed E-state index contributed by atoms with van der Waals surface area (Å²) in [6.07, 6.45) is -9.24. The van der Waals surface area contributed by atoms with Crippen LogP contribution in [-0.4, -0.2) is 60.1 Å². The Morgan fingerprint density at radius 1 is 0.345 bits per heavy atom. The number of fused-ring (bicyclic) bond motifs is 4. The molecule has 0 saturated carbocycles. The lowest BCUT2D eigenvalue weighted by Gasteiger charge is -2.29. The van der Waals surface area contributed by atoms with Gasteiger partial charge < -0.3 is 18.9 Å². The number of ether oxygens (including phenoxy) is 4. The summed E-state index contributed by atoms with van der Waals surface area (Å²) in [6, 6.07) is 26.1. The van der Waals surface area contributed by atoms with Crippen LogP contribution in [0.5, 0.6) is 0 Å². The first-order valence-electron chi connectivity index (χ1n) is 16.6. The van der Waals surface area contributed by atoms with Crippen molar-refractivity contribution < 1.29 is 83.6 Å². The molecule has 8 rings (SSSR count). The molecule has 0 bridgehead atoms. The average molecular weight is 817 g/mol. The highest BCUT2D eigenvalue weighted by Crippen LogP contribution is 2.49. The normalized spacial score (nSPS) is 14.2. The van der Waals surface area contributed by atoms with E-state index in [1.807, 2.05) is 0 Å². The Kier molecular flexibility index (Phi) is 14.7. The highest BCUT2D eigenvalue weighted by molar-refractivity contribution is 6.16. The number of cyclic esters (lactones) is 8. The molecule has 0 atom stereocenters. The van der Waals surface area contributed by atoms with Crippen LogP contribution in [0.25, 0.3) is 0 Å². The van der Waals surface area contributed by atoms with E-state index in [1.165, 1.54) is 6.42 Å². The van der Waals surface area contributed by atoms with Crippen LogP contribution in [0, 0.1) is 5.41 Å². The lowest BCUT2D eigenvalue weighted by atomic mass is 9.92. The molecular formula is C40H30F6O12. The van der Waals surface area contributed by atoms with E-state index in [0.29, 0.717) is 44.5 Å². The van der Waals surface area contributed by atoms with E-state index in [4.69, 9.17) is 0 Å². The number of hydrogen-bond donors (Lipinski definition) is 0. The number of esters is 8. The second-order valence-corrected chi connectivity index (χ2v) is 12.2. The molecule has 4 aliphatic rings. The maximum absolute atomic E-state index is 11.6. The van der Waals surface area contributed by atoms with Crippen molar-refractivity contribution in [1.82, 2.24) is 0 Å². The zero-order valence-electron chi connectivity index (χ0n) is 30.6. The lowest BCUT2D eigenvalue weighted by molar-refractivity contribution is -0.327. The summed E-state index contributed by atoms with van der Waals surface area (Å²) in [6.45, 7) is 4.46. The Hall–Kier alpha value is -6.98. The molecule has 0 amide bonds. The van der Waals surface area contributed by atoms with Crippen LogP contribution in [0.4, 0.5) is 26.3 Å². The van der Waals surface area contributed by atoms with Gasteiger partial charge in [0, 0.05) is 0 Å². The molecule has 0 aromatic heterocycles. The van der Waals surface area contributed by atoms with Gasteiger partial charge in [0.05, 0.1) is 44.5 Å². The molecule has 0 N–H and O–H groups in total. The maximum Gasteiger partial charge on any atom is 0.402 e. The average Bonchev–Trinajstić information content (AvgIpc) is 3.84. The van der Waals surface area contributed by atoms with Crippen molar-refractivity contribution in [3.63, 3.8) is 0 Å². The van der Waals surface area contributed by atoms with Gasteiger partial charge in [0.25, 0.3) is 0 Å². The van der Waals surface area contributed by atoms with Crippen LogP contribution >= 0.6 is 0 Å². The highest BCUT2D eigenvalue weighted by atomic mass is 19.4. The Labute approximate surface area is 324 Å². The number of carbonyl (C=O) groups is 8. The van der Waals surface area contributed by atoms with Crippen molar-refractivity contribution in [2.45, 2.75) is 46.5 Å². The van der Waals surface area contributed by atoms with Crippen LogP contribution < -0.4 is 0 Å².